The second kappa shape index (κ2) is 6.16. The summed E-state index contributed by atoms with van der Waals surface area (Å²) in [5, 5.41) is 22.8. The number of hydrogen-bond donors (Lipinski definition) is 4. The third kappa shape index (κ3) is 4.36. The van der Waals surface area contributed by atoms with Crippen LogP contribution in [0.25, 0.3) is 0 Å². The molecule has 0 saturated carbocycles. The summed E-state index contributed by atoms with van der Waals surface area (Å²) in [5.74, 6) is -1.57. The Morgan fingerprint density at radius 1 is 1.30 bits per heavy atom. The standard InChI is InChI=1S/C13H16N2O5/c1-8(16)9-4-3-5-10(6-9)15-12(19)14-7-13(2,20)11(17)18/h3-6,20H,7H2,1-2H3,(H,17,18)(H2,14,15,19). The van der Waals surface area contributed by atoms with Crippen LogP contribution in [0.4, 0.5) is 10.5 Å². The van der Waals surface area contributed by atoms with Gasteiger partial charge in [-0.3, -0.25) is 4.79 Å². The molecule has 1 aromatic rings. The van der Waals surface area contributed by atoms with Crippen LogP contribution in [-0.4, -0.2) is 40.1 Å². The number of nitrogens with one attached hydrogen (secondary N) is 2. The van der Waals surface area contributed by atoms with E-state index in [9.17, 15) is 19.5 Å². The molecule has 7 heteroatoms. The molecule has 7 nitrogen and oxygen atoms in total. The predicted octanol–water partition coefficient (Wildman–Crippen LogP) is 0.846. The Hall–Kier alpha value is -2.41. The molecule has 1 atom stereocenters. The van der Waals surface area contributed by atoms with Crippen molar-refractivity contribution in [1.82, 2.24) is 5.32 Å². The van der Waals surface area contributed by atoms with Crippen LogP contribution in [0.3, 0.4) is 0 Å². The number of Topliss-reactive ketones (excluding diaryl/α,β-unsaturated/α-hetero) is 1. The van der Waals surface area contributed by atoms with Crippen molar-refractivity contribution in [1.29, 1.82) is 0 Å². The van der Waals surface area contributed by atoms with E-state index in [1.807, 2.05) is 0 Å². The number of anilines is 1. The quantitative estimate of drug-likeness (QED) is 0.597. The number of carboxylic acid groups (broad SMARTS) is 1. The van der Waals surface area contributed by atoms with Crippen molar-refractivity contribution in [2.75, 3.05) is 11.9 Å². The SMILES string of the molecule is CC(=O)c1cccc(NC(=O)NCC(C)(O)C(=O)O)c1. The maximum Gasteiger partial charge on any atom is 0.337 e. The Bertz CT molecular complexity index is 539. The molecule has 0 radical (unpaired) electrons. The van der Waals surface area contributed by atoms with Gasteiger partial charge in [-0.2, -0.15) is 0 Å². The van der Waals surface area contributed by atoms with Crippen LogP contribution >= 0.6 is 0 Å². The average Bonchev–Trinajstić information content (AvgIpc) is 2.36. The Balaban J connectivity index is 2.61. The number of carboxylic acids is 1. The number of aliphatic hydroxyl groups is 1. The summed E-state index contributed by atoms with van der Waals surface area (Å²) >= 11 is 0. The normalized spacial score (nSPS) is 13.2. The lowest BCUT2D eigenvalue weighted by molar-refractivity contribution is -0.155. The van der Waals surface area contributed by atoms with Crippen LogP contribution < -0.4 is 10.6 Å². The maximum atomic E-state index is 11.6. The van der Waals surface area contributed by atoms with Gasteiger partial charge in [0.25, 0.3) is 0 Å². The van der Waals surface area contributed by atoms with E-state index in [1.165, 1.54) is 13.0 Å². The summed E-state index contributed by atoms with van der Waals surface area (Å²) in [6.07, 6.45) is 0. The molecule has 0 aliphatic carbocycles. The monoisotopic (exact) mass is 280 g/mol. The molecule has 1 unspecified atom stereocenters. The van der Waals surface area contributed by atoms with Crippen molar-refractivity contribution in [3.8, 4) is 0 Å². The van der Waals surface area contributed by atoms with E-state index in [0.29, 0.717) is 11.3 Å². The third-order valence-electron chi connectivity index (χ3n) is 2.58. The summed E-state index contributed by atoms with van der Waals surface area (Å²) in [6, 6.07) is 5.63. The zero-order valence-corrected chi connectivity index (χ0v) is 11.1. The highest BCUT2D eigenvalue weighted by molar-refractivity contribution is 5.96. The average molecular weight is 280 g/mol. The first kappa shape index (κ1) is 15.6. The third-order valence-corrected chi connectivity index (χ3v) is 2.58. The molecular weight excluding hydrogens is 264 g/mol. The van der Waals surface area contributed by atoms with Gasteiger partial charge in [-0.25, -0.2) is 9.59 Å². The number of benzene rings is 1. The first-order valence-corrected chi connectivity index (χ1v) is 5.84. The molecule has 2 amide bonds. The highest BCUT2D eigenvalue weighted by Crippen LogP contribution is 2.11. The number of hydrogen-bond acceptors (Lipinski definition) is 4. The molecule has 108 valence electrons. The van der Waals surface area contributed by atoms with Gasteiger partial charge in [-0.1, -0.05) is 12.1 Å². The van der Waals surface area contributed by atoms with E-state index in [2.05, 4.69) is 10.6 Å². The summed E-state index contributed by atoms with van der Waals surface area (Å²) in [5.41, 5.74) is -1.20. The summed E-state index contributed by atoms with van der Waals surface area (Å²) in [6.45, 7) is 2.04. The van der Waals surface area contributed by atoms with Crippen LogP contribution in [-0.2, 0) is 4.79 Å². The van der Waals surface area contributed by atoms with E-state index in [1.54, 1.807) is 18.2 Å². The molecule has 0 spiro atoms. The molecule has 20 heavy (non-hydrogen) atoms. The number of urea groups is 1. The van der Waals surface area contributed by atoms with E-state index in [0.717, 1.165) is 6.92 Å². The van der Waals surface area contributed by atoms with E-state index >= 15 is 0 Å². The fraction of sp³-hybridized carbons (Fsp3) is 0.308. The molecule has 4 N–H and O–H groups in total. The zero-order valence-electron chi connectivity index (χ0n) is 11.1. The van der Waals surface area contributed by atoms with Crippen molar-refractivity contribution >= 4 is 23.5 Å². The Kier molecular flexibility index (Phi) is 4.82. The molecule has 0 fully saturated rings. The fourth-order valence-electron chi connectivity index (χ4n) is 1.32. The van der Waals surface area contributed by atoms with Crippen LogP contribution in [0.15, 0.2) is 24.3 Å². The predicted molar refractivity (Wildman–Crippen MR) is 71.7 cm³/mol. The van der Waals surface area contributed by atoms with Crippen molar-refractivity contribution in [3.63, 3.8) is 0 Å². The highest BCUT2D eigenvalue weighted by Gasteiger charge is 2.30. The number of amides is 2. The van der Waals surface area contributed by atoms with Crippen molar-refractivity contribution in [2.45, 2.75) is 19.4 Å². The Morgan fingerprint density at radius 3 is 2.50 bits per heavy atom. The topological polar surface area (TPSA) is 116 Å². The molecule has 0 aliphatic heterocycles. The first-order valence-electron chi connectivity index (χ1n) is 5.84. The molecule has 0 aliphatic rings. The fourth-order valence-corrected chi connectivity index (χ4v) is 1.32. The van der Waals surface area contributed by atoms with Gasteiger partial charge in [0, 0.05) is 11.3 Å². The second-order valence-electron chi connectivity index (χ2n) is 4.52. The smallest absolute Gasteiger partial charge is 0.337 e. The Morgan fingerprint density at radius 2 is 1.95 bits per heavy atom. The lowest BCUT2D eigenvalue weighted by Gasteiger charge is -2.18. The number of ketones is 1. The zero-order chi connectivity index (χ0) is 15.3. The second-order valence-corrected chi connectivity index (χ2v) is 4.52. The Labute approximate surface area is 115 Å². The molecule has 1 aromatic carbocycles. The summed E-state index contributed by atoms with van der Waals surface area (Å²) in [7, 11) is 0. The maximum absolute atomic E-state index is 11.6. The van der Waals surface area contributed by atoms with Gasteiger partial charge in [0.2, 0.25) is 0 Å². The van der Waals surface area contributed by atoms with Crippen LogP contribution in [0.1, 0.15) is 24.2 Å². The van der Waals surface area contributed by atoms with E-state index in [-0.39, 0.29) is 5.78 Å². The van der Waals surface area contributed by atoms with Crippen molar-refractivity contribution in [2.24, 2.45) is 0 Å². The van der Waals surface area contributed by atoms with Crippen molar-refractivity contribution in [3.05, 3.63) is 29.8 Å². The number of carbonyl (C=O) groups excluding carboxylic acids is 2. The van der Waals surface area contributed by atoms with Crippen molar-refractivity contribution < 1.29 is 24.6 Å². The number of aliphatic carboxylic acids is 1. The van der Waals surface area contributed by atoms with Gasteiger partial charge in [0.15, 0.2) is 11.4 Å². The highest BCUT2D eigenvalue weighted by atomic mass is 16.4. The summed E-state index contributed by atoms with van der Waals surface area (Å²) in [4.78, 5) is 33.4. The number of carbonyl (C=O) groups is 3. The summed E-state index contributed by atoms with van der Waals surface area (Å²) < 4.78 is 0. The largest absolute Gasteiger partial charge is 0.479 e. The lowest BCUT2D eigenvalue weighted by Crippen LogP contribution is -2.47. The minimum atomic E-state index is -2.04. The van der Waals surface area contributed by atoms with E-state index < -0.39 is 24.1 Å². The van der Waals surface area contributed by atoms with Crippen LogP contribution in [0, 0.1) is 0 Å². The molecular formula is C13H16N2O5. The molecule has 0 saturated heterocycles. The van der Waals surface area contributed by atoms with Gasteiger partial charge >= 0.3 is 12.0 Å². The van der Waals surface area contributed by atoms with Crippen LogP contribution in [0.2, 0.25) is 0 Å². The molecule has 0 bridgehead atoms. The van der Waals surface area contributed by atoms with Gasteiger partial charge in [-0.05, 0) is 26.0 Å². The molecule has 0 heterocycles. The van der Waals surface area contributed by atoms with E-state index in [4.69, 9.17) is 5.11 Å². The lowest BCUT2D eigenvalue weighted by atomic mass is 10.1. The number of rotatable bonds is 5. The molecule has 0 aromatic heterocycles. The van der Waals surface area contributed by atoms with Gasteiger partial charge < -0.3 is 20.8 Å². The van der Waals surface area contributed by atoms with Gasteiger partial charge in [0.05, 0.1) is 6.54 Å². The van der Waals surface area contributed by atoms with Crippen LogP contribution in [0.5, 0.6) is 0 Å². The van der Waals surface area contributed by atoms with Gasteiger partial charge in [-0.15, -0.1) is 0 Å². The van der Waals surface area contributed by atoms with Gasteiger partial charge in [0.1, 0.15) is 0 Å². The molecule has 1 rings (SSSR count). The minimum absolute atomic E-state index is 0.136. The minimum Gasteiger partial charge on any atom is -0.479 e. The first-order chi connectivity index (χ1) is 9.22.